The third kappa shape index (κ3) is 1.60. The van der Waals surface area contributed by atoms with Crippen molar-refractivity contribution in [2.75, 3.05) is 0 Å². The van der Waals surface area contributed by atoms with E-state index in [-0.39, 0.29) is 21.3 Å². The molecule has 0 radical (unpaired) electrons. The predicted molar refractivity (Wildman–Crippen MR) is 52.0 cm³/mol. The van der Waals surface area contributed by atoms with Gasteiger partial charge >= 0.3 is 0 Å². The average Bonchev–Trinajstić information content (AvgIpc) is 1.97. The van der Waals surface area contributed by atoms with E-state index >= 15 is 0 Å². The number of rotatable bonds is 0. The van der Waals surface area contributed by atoms with Gasteiger partial charge in [-0.25, -0.2) is 0 Å². The standard InChI is InChI=1S/C6H5BrO2S2/c7-2-1-3(8)5(10)6(11)4(2)9/h1,8-11H. The lowest BCUT2D eigenvalue weighted by Gasteiger charge is -2.05. The smallest absolute Gasteiger partial charge is 0.144 e. The highest BCUT2D eigenvalue weighted by Gasteiger charge is 2.09. The molecular weight excluding hydrogens is 248 g/mol. The zero-order valence-corrected chi connectivity index (χ0v) is 8.62. The zero-order valence-electron chi connectivity index (χ0n) is 5.24. The van der Waals surface area contributed by atoms with Crippen LogP contribution in [0.25, 0.3) is 0 Å². The fourth-order valence-electron chi connectivity index (χ4n) is 0.603. The molecule has 11 heavy (non-hydrogen) atoms. The molecule has 0 aliphatic heterocycles. The molecule has 0 aliphatic rings. The maximum Gasteiger partial charge on any atom is 0.144 e. The van der Waals surface area contributed by atoms with Gasteiger partial charge in [0.25, 0.3) is 0 Å². The quantitative estimate of drug-likeness (QED) is 0.423. The number of benzene rings is 1. The Morgan fingerprint density at radius 3 is 2.27 bits per heavy atom. The number of halogens is 1. The summed E-state index contributed by atoms with van der Waals surface area (Å²) >= 11 is 10.9. The maximum atomic E-state index is 9.23. The molecule has 0 aromatic heterocycles. The topological polar surface area (TPSA) is 40.5 Å². The molecule has 1 rings (SSSR count). The Kier molecular flexibility index (Phi) is 2.61. The van der Waals surface area contributed by atoms with Gasteiger partial charge in [-0.1, -0.05) is 0 Å². The molecule has 1 aromatic rings. The molecule has 0 bridgehead atoms. The van der Waals surface area contributed by atoms with Gasteiger partial charge in [0.15, 0.2) is 0 Å². The number of hydrogen-bond acceptors (Lipinski definition) is 4. The van der Waals surface area contributed by atoms with E-state index in [1.165, 1.54) is 6.07 Å². The van der Waals surface area contributed by atoms with Crippen molar-refractivity contribution in [2.45, 2.75) is 9.79 Å². The van der Waals surface area contributed by atoms with Gasteiger partial charge in [0, 0.05) is 0 Å². The summed E-state index contributed by atoms with van der Waals surface area (Å²) < 4.78 is 0.401. The normalized spacial score (nSPS) is 10.1. The van der Waals surface area contributed by atoms with E-state index in [2.05, 4.69) is 41.2 Å². The Morgan fingerprint density at radius 2 is 1.73 bits per heavy atom. The summed E-state index contributed by atoms with van der Waals surface area (Å²) in [5.74, 6) is -0.0286. The number of hydrogen-bond donors (Lipinski definition) is 4. The molecule has 0 fully saturated rings. The van der Waals surface area contributed by atoms with Crippen LogP contribution in [0.3, 0.4) is 0 Å². The van der Waals surface area contributed by atoms with Crippen molar-refractivity contribution < 1.29 is 10.2 Å². The van der Waals surface area contributed by atoms with Crippen LogP contribution in [0.5, 0.6) is 11.5 Å². The van der Waals surface area contributed by atoms with Crippen LogP contribution in [0.4, 0.5) is 0 Å². The Morgan fingerprint density at radius 1 is 1.18 bits per heavy atom. The molecule has 60 valence electrons. The Bertz CT molecular complexity index is 275. The van der Waals surface area contributed by atoms with Crippen LogP contribution in [0.2, 0.25) is 0 Å². The van der Waals surface area contributed by atoms with Crippen molar-refractivity contribution in [1.29, 1.82) is 0 Å². The van der Waals surface area contributed by atoms with Crippen molar-refractivity contribution in [3.05, 3.63) is 10.5 Å². The second-order valence-corrected chi connectivity index (χ2v) is 3.67. The van der Waals surface area contributed by atoms with Crippen molar-refractivity contribution in [1.82, 2.24) is 0 Å². The number of thiol groups is 2. The molecular formula is C6H5BrO2S2. The fourth-order valence-corrected chi connectivity index (χ4v) is 1.58. The lowest BCUT2D eigenvalue weighted by molar-refractivity contribution is 0.433. The maximum absolute atomic E-state index is 9.23. The first-order valence-corrected chi connectivity index (χ1v) is 4.35. The van der Waals surface area contributed by atoms with Crippen LogP contribution in [0, 0.1) is 0 Å². The van der Waals surface area contributed by atoms with Gasteiger partial charge in [-0.15, -0.1) is 25.3 Å². The highest BCUT2D eigenvalue weighted by molar-refractivity contribution is 9.10. The SMILES string of the molecule is Oc1cc(Br)c(O)c(S)c1S. The molecule has 0 saturated carbocycles. The first-order valence-electron chi connectivity index (χ1n) is 2.66. The van der Waals surface area contributed by atoms with E-state index in [0.717, 1.165) is 0 Å². The number of aromatic hydroxyl groups is 2. The molecule has 0 aliphatic carbocycles. The van der Waals surface area contributed by atoms with Crippen LogP contribution < -0.4 is 0 Å². The highest BCUT2D eigenvalue weighted by atomic mass is 79.9. The van der Waals surface area contributed by atoms with Gasteiger partial charge < -0.3 is 10.2 Å². The van der Waals surface area contributed by atoms with Gasteiger partial charge in [-0.05, 0) is 22.0 Å². The summed E-state index contributed by atoms with van der Waals surface area (Å²) in [7, 11) is 0. The average molecular weight is 253 g/mol. The van der Waals surface area contributed by atoms with Crippen LogP contribution >= 0.6 is 41.2 Å². The summed E-state index contributed by atoms with van der Waals surface area (Å²) in [5.41, 5.74) is 0. The molecule has 2 N–H and O–H groups in total. The minimum absolute atomic E-state index is 0.0111. The first-order chi connectivity index (χ1) is 5.04. The minimum Gasteiger partial charge on any atom is -0.507 e. The van der Waals surface area contributed by atoms with E-state index < -0.39 is 0 Å². The van der Waals surface area contributed by atoms with Crippen molar-refractivity contribution in [3.8, 4) is 11.5 Å². The van der Waals surface area contributed by atoms with Gasteiger partial charge in [0.2, 0.25) is 0 Å². The third-order valence-electron chi connectivity index (χ3n) is 1.18. The van der Waals surface area contributed by atoms with E-state index in [0.29, 0.717) is 4.47 Å². The molecule has 2 nitrogen and oxygen atoms in total. The summed E-state index contributed by atoms with van der Waals surface area (Å²) in [5, 5.41) is 18.4. The Labute approximate surface area is 83.2 Å². The summed E-state index contributed by atoms with van der Waals surface area (Å²) in [6.45, 7) is 0. The molecule has 0 amide bonds. The van der Waals surface area contributed by atoms with Crippen LogP contribution in [-0.2, 0) is 0 Å². The minimum atomic E-state index is -0.0175. The molecule has 5 heteroatoms. The van der Waals surface area contributed by atoms with Crippen LogP contribution in [0.15, 0.2) is 20.3 Å². The molecule has 0 heterocycles. The van der Waals surface area contributed by atoms with Crippen molar-refractivity contribution in [2.24, 2.45) is 0 Å². The van der Waals surface area contributed by atoms with E-state index in [9.17, 15) is 5.11 Å². The second-order valence-electron chi connectivity index (χ2n) is 1.92. The Balaban J connectivity index is 3.46. The largest absolute Gasteiger partial charge is 0.507 e. The van der Waals surface area contributed by atoms with E-state index in [1.54, 1.807) is 0 Å². The summed E-state index contributed by atoms with van der Waals surface area (Å²) in [6, 6.07) is 1.36. The van der Waals surface area contributed by atoms with Gasteiger partial charge in [0.05, 0.1) is 14.3 Å². The van der Waals surface area contributed by atoms with Crippen LogP contribution in [-0.4, -0.2) is 10.2 Å². The molecule has 1 aromatic carbocycles. The summed E-state index contributed by atoms with van der Waals surface area (Å²) in [6.07, 6.45) is 0. The van der Waals surface area contributed by atoms with Crippen molar-refractivity contribution in [3.63, 3.8) is 0 Å². The van der Waals surface area contributed by atoms with Gasteiger partial charge in [-0.2, -0.15) is 0 Å². The monoisotopic (exact) mass is 252 g/mol. The fraction of sp³-hybridized carbons (Fsp3) is 0. The lowest BCUT2D eigenvalue weighted by Crippen LogP contribution is -1.77. The molecule has 0 saturated heterocycles. The Hall–Kier alpha value is -0.000000000000000111. The predicted octanol–water partition coefficient (Wildman–Crippen LogP) is 2.44. The second kappa shape index (κ2) is 3.16. The zero-order chi connectivity index (χ0) is 8.59. The van der Waals surface area contributed by atoms with Crippen LogP contribution in [0.1, 0.15) is 0 Å². The third-order valence-corrected chi connectivity index (χ3v) is 2.85. The molecule has 0 unspecified atom stereocenters. The number of phenolic OH excluding ortho intramolecular Hbond substituents is 2. The first kappa shape index (κ1) is 9.09. The molecule has 0 atom stereocenters. The molecule has 0 spiro atoms. The van der Waals surface area contributed by atoms with Gasteiger partial charge in [0.1, 0.15) is 11.5 Å². The summed E-state index contributed by atoms with van der Waals surface area (Å²) in [4.78, 5) is 0.536. The number of phenols is 2. The highest BCUT2D eigenvalue weighted by Crippen LogP contribution is 2.40. The van der Waals surface area contributed by atoms with Crippen molar-refractivity contribution >= 4 is 41.2 Å². The lowest BCUT2D eigenvalue weighted by atomic mass is 10.3. The van der Waals surface area contributed by atoms with Gasteiger partial charge in [-0.3, -0.25) is 0 Å². The van der Waals surface area contributed by atoms with E-state index in [4.69, 9.17) is 5.11 Å². The van der Waals surface area contributed by atoms with E-state index in [1.807, 2.05) is 0 Å².